The maximum atomic E-state index is 11.8. The Bertz CT molecular complexity index is 1260. The van der Waals surface area contributed by atoms with Crippen molar-refractivity contribution in [3.8, 4) is 0 Å². The van der Waals surface area contributed by atoms with Gasteiger partial charge in [0, 0.05) is 27.2 Å². The summed E-state index contributed by atoms with van der Waals surface area (Å²) in [5.74, 6) is -1.59. The minimum Gasteiger partial charge on any atom is -0.748 e. The van der Waals surface area contributed by atoms with E-state index in [9.17, 15) is 35.5 Å². The van der Waals surface area contributed by atoms with Crippen molar-refractivity contribution < 1.29 is 35.5 Å². The molecule has 0 radical (unpaired) electrons. The van der Waals surface area contributed by atoms with Gasteiger partial charge in [-0.2, -0.15) is 0 Å². The molecule has 0 fully saturated rings. The van der Waals surface area contributed by atoms with Crippen molar-refractivity contribution in [1.29, 1.82) is 0 Å². The molecule has 0 unspecified atom stereocenters. The van der Waals surface area contributed by atoms with E-state index in [0.29, 0.717) is 0 Å². The van der Waals surface area contributed by atoms with Crippen LogP contribution in [0.5, 0.6) is 0 Å². The number of unbranched alkanes of at least 4 members (excludes halogenated alkanes) is 38. The van der Waals surface area contributed by atoms with Crippen LogP contribution in [0.1, 0.15) is 271 Å². The first-order valence-corrected chi connectivity index (χ1v) is 30.6. The van der Waals surface area contributed by atoms with E-state index in [2.05, 4.69) is 13.8 Å². The zero-order valence-electron chi connectivity index (χ0n) is 44.1. The number of likely N-dealkylation sites (N-methyl/N-ethyl adjacent to an activating group) is 2. The van der Waals surface area contributed by atoms with Gasteiger partial charge in [-0.3, -0.25) is 9.59 Å². The second-order valence-corrected chi connectivity index (χ2v) is 22.2. The summed E-state index contributed by atoms with van der Waals surface area (Å²) in [7, 11) is -5.53. The first kappa shape index (κ1) is 70.8. The Balaban J connectivity index is -0.00000120. The number of carbonyl (C=O) groups is 2. The summed E-state index contributed by atoms with van der Waals surface area (Å²) < 4.78 is 63.6. The third kappa shape index (κ3) is 61.6. The third-order valence-electron chi connectivity index (χ3n) is 12.6. The van der Waals surface area contributed by atoms with Gasteiger partial charge in [0.2, 0.25) is 11.8 Å². The van der Waals surface area contributed by atoms with Gasteiger partial charge in [-0.1, -0.05) is 257 Å². The molecule has 0 heterocycles. The molecule has 0 saturated carbocycles. The second-order valence-electron chi connectivity index (χ2n) is 19.2. The Morgan fingerprint density at radius 2 is 0.537 bits per heavy atom. The molecule has 0 aromatic heterocycles. The van der Waals surface area contributed by atoms with Crippen molar-refractivity contribution in [3.63, 3.8) is 0 Å². The Labute approximate surface area is 445 Å². The molecule has 0 atom stereocenters. The first-order chi connectivity index (χ1) is 31.7. The Kier molecular flexibility index (Phi) is 56.3. The van der Waals surface area contributed by atoms with Gasteiger partial charge in [-0.25, -0.2) is 16.8 Å². The molecule has 13 heteroatoms. The maximum absolute atomic E-state index is 11.8. The van der Waals surface area contributed by atoms with Crippen LogP contribution in [-0.2, 0) is 29.8 Å². The van der Waals surface area contributed by atoms with Crippen LogP contribution < -0.4 is 0 Å². The molecular weight excluding hydrogens is 909 g/mol. The summed E-state index contributed by atoms with van der Waals surface area (Å²) in [6.07, 6.45) is 60.1. The number of allylic oxidation sites excluding steroid dienone is 2. The third-order valence-corrected chi connectivity index (χ3v) is 13.9. The standard InChI is InChI=1S/2C27H53NO4S.Ca/c2*1-3-4-5-6-7-8-9-10-11-12-13-14-15-16-17-18-19-20-21-22-23-24-27(29)28(2)25-26-33(30,31)32;/h2*23-24H,3-22,25-26H2,1-2H3,(H,30,31,32);/q;;+2/p-2/b2*24-23+;. The van der Waals surface area contributed by atoms with Gasteiger partial charge in [-0.15, -0.1) is 0 Å². The van der Waals surface area contributed by atoms with Crippen molar-refractivity contribution >= 4 is 69.8 Å². The van der Waals surface area contributed by atoms with Crippen LogP contribution >= 0.6 is 0 Å². The van der Waals surface area contributed by atoms with E-state index < -0.39 is 31.7 Å². The van der Waals surface area contributed by atoms with Crippen LogP contribution in [0.15, 0.2) is 24.3 Å². The van der Waals surface area contributed by atoms with E-state index in [0.717, 1.165) is 25.7 Å². The van der Waals surface area contributed by atoms with Crippen molar-refractivity contribution in [2.75, 3.05) is 38.7 Å². The summed E-state index contributed by atoms with van der Waals surface area (Å²) in [6, 6.07) is 0. The molecular formula is C54H104CaN2O8S2. The molecule has 0 aliphatic rings. The van der Waals surface area contributed by atoms with Crippen LogP contribution in [0.25, 0.3) is 0 Å². The molecule has 0 aliphatic carbocycles. The molecule has 10 nitrogen and oxygen atoms in total. The summed E-state index contributed by atoms with van der Waals surface area (Å²) >= 11 is 0. The quantitative estimate of drug-likeness (QED) is 0.0252. The van der Waals surface area contributed by atoms with E-state index in [4.69, 9.17) is 0 Å². The molecule has 0 aromatic rings. The number of hydrogen-bond donors (Lipinski definition) is 0. The largest absolute Gasteiger partial charge is 2.00 e. The summed E-state index contributed by atoms with van der Waals surface area (Å²) in [5.41, 5.74) is 0. The fourth-order valence-corrected chi connectivity index (χ4v) is 9.02. The SMILES string of the molecule is CCCCCCCCCCCCCCCCCCCCC/C=C/C(=O)N(C)CCS(=O)(=O)[O-].CCCCCCCCCCCCCCCCCCCCC/C=C/C(=O)N(C)CCS(=O)(=O)[O-].[Ca+2]. The summed E-state index contributed by atoms with van der Waals surface area (Å²) in [6.45, 7) is 4.43. The monoisotopic (exact) mass is 1010 g/mol. The fourth-order valence-electron chi connectivity index (χ4n) is 8.02. The zero-order valence-corrected chi connectivity index (χ0v) is 47.9. The molecule has 0 bridgehead atoms. The second kappa shape index (κ2) is 53.3. The van der Waals surface area contributed by atoms with Crippen LogP contribution in [0.2, 0.25) is 0 Å². The van der Waals surface area contributed by atoms with Crippen molar-refractivity contribution in [2.45, 2.75) is 271 Å². The van der Waals surface area contributed by atoms with Crippen molar-refractivity contribution in [3.05, 3.63) is 24.3 Å². The Hall–Kier alpha value is -0.500. The molecule has 67 heavy (non-hydrogen) atoms. The minimum atomic E-state index is -4.28. The van der Waals surface area contributed by atoms with E-state index in [1.165, 1.54) is 267 Å². The van der Waals surface area contributed by atoms with Gasteiger partial charge in [0.15, 0.2) is 0 Å². The van der Waals surface area contributed by atoms with E-state index >= 15 is 0 Å². The first-order valence-electron chi connectivity index (χ1n) is 27.4. The van der Waals surface area contributed by atoms with Crippen LogP contribution in [-0.4, -0.2) is 124 Å². The zero-order chi connectivity index (χ0) is 49.3. The fraction of sp³-hybridized carbons (Fsp3) is 0.889. The van der Waals surface area contributed by atoms with Crippen molar-refractivity contribution in [2.24, 2.45) is 0 Å². The van der Waals surface area contributed by atoms with Gasteiger partial charge in [0.1, 0.15) is 0 Å². The van der Waals surface area contributed by atoms with Crippen LogP contribution in [0.3, 0.4) is 0 Å². The molecule has 392 valence electrons. The number of hydrogen-bond acceptors (Lipinski definition) is 8. The predicted octanol–water partition coefficient (Wildman–Crippen LogP) is 14.4. The van der Waals surface area contributed by atoms with Gasteiger partial charge in [-0.05, 0) is 37.8 Å². The van der Waals surface area contributed by atoms with E-state index in [1.807, 2.05) is 12.2 Å². The Morgan fingerprint density at radius 3 is 0.716 bits per heavy atom. The minimum absolute atomic E-state index is 0. The molecule has 0 saturated heterocycles. The van der Waals surface area contributed by atoms with Gasteiger partial charge in [0.05, 0.1) is 31.7 Å². The van der Waals surface area contributed by atoms with E-state index in [1.54, 1.807) is 0 Å². The van der Waals surface area contributed by atoms with Crippen molar-refractivity contribution in [1.82, 2.24) is 9.80 Å². The number of nitrogens with zero attached hydrogens (tertiary/aromatic N) is 2. The predicted molar refractivity (Wildman–Crippen MR) is 284 cm³/mol. The Morgan fingerprint density at radius 1 is 0.358 bits per heavy atom. The molecule has 0 aliphatic heterocycles. The van der Waals surface area contributed by atoms with Crippen LogP contribution in [0.4, 0.5) is 0 Å². The molecule has 0 spiro atoms. The number of carbonyl (C=O) groups excluding carboxylic acids is 2. The van der Waals surface area contributed by atoms with E-state index in [-0.39, 0.29) is 62.6 Å². The normalized spacial score (nSPS) is 11.8. The smallest absolute Gasteiger partial charge is 0.748 e. The number of rotatable bonds is 48. The average molecular weight is 1010 g/mol. The molecule has 0 rings (SSSR count). The van der Waals surface area contributed by atoms with Gasteiger partial charge in [0.25, 0.3) is 0 Å². The maximum Gasteiger partial charge on any atom is 2.00 e. The summed E-state index contributed by atoms with van der Waals surface area (Å²) in [4.78, 5) is 26.1. The molecule has 2 amide bonds. The average Bonchev–Trinajstić information content (AvgIpc) is 3.27. The molecule has 0 aromatic carbocycles. The van der Waals surface area contributed by atoms with Crippen LogP contribution in [0, 0.1) is 0 Å². The topological polar surface area (TPSA) is 155 Å². The molecule has 0 N–H and O–H groups in total. The summed E-state index contributed by atoms with van der Waals surface area (Å²) in [5, 5.41) is 0. The number of amides is 2. The van der Waals surface area contributed by atoms with Gasteiger partial charge < -0.3 is 18.9 Å². The van der Waals surface area contributed by atoms with Gasteiger partial charge >= 0.3 is 37.7 Å².